The van der Waals surface area contributed by atoms with Crippen molar-refractivity contribution in [2.45, 2.75) is 38.6 Å². The van der Waals surface area contributed by atoms with E-state index in [1.807, 2.05) is 0 Å². The number of aromatic nitrogens is 3. The largest absolute Gasteiger partial charge is 0.387 e. The van der Waals surface area contributed by atoms with E-state index in [4.69, 9.17) is 16.9 Å². The molecule has 2 aromatic heterocycles. The second-order valence-electron chi connectivity index (χ2n) is 7.85. The number of hydrogen-bond donors (Lipinski definition) is 5. The molecule has 1 aliphatic rings. The maximum absolute atomic E-state index is 13.3. The van der Waals surface area contributed by atoms with Crippen LogP contribution in [0.1, 0.15) is 54.2 Å². The van der Waals surface area contributed by atoms with Crippen LogP contribution in [-0.4, -0.2) is 39.7 Å². The van der Waals surface area contributed by atoms with Gasteiger partial charge in [0, 0.05) is 30.5 Å². The van der Waals surface area contributed by atoms with Crippen LogP contribution < -0.4 is 16.8 Å². The summed E-state index contributed by atoms with van der Waals surface area (Å²) in [4.78, 5) is 22.6. The molecule has 0 spiro atoms. The SMILES string of the molecule is CC1CCC(N)CC1.CNc1cc(F)ccc1C(=N)c1cnc2[nH]cc(C(N)=O)c2n1. The molecule has 0 saturated heterocycles. The van der Waals surface area contributed by atoms with E-state index in [2.05, 4.69) is 27.2 Å². The molecule has 0 radical (unpaired) electrons. The first-order valence-corrected chi connectivity index (χ1v) is 10.3. The summed E-state index contributed by atoms with van der Waals surface area (Å²) in [5.74, 6) is -0.101. The Morgan fingerprint density at radius 3 is 2.58 bits per heavy atom. The highest BCUT2D eigenvalue weighted by Crippen LogP contribution is 2.22. The fourth-order valence-electron chi connectivity index (χ4n) is 3.56. The summed E-state index contributed by atoms with van der Waals surface area (Å²) in [7, 11) is 1.64. The summed E-state index contributed by atoms with van der Waals surface area (Å²) in [6, 6.07) is 4.57. The van der Waals surface area contributed by atoms with Crippen LogP contribution in [-0.2, 0) is 0 Å². The Bertz CT molecular complexity index is 1080. The van der Waals surface area contributed by atoms with Gasteiger partial charge in [0.05, 0.1) is 17.5 Å². The lowest BCUT2D eigenvalue weighted by atomic mass is 9.88. The Kier molecular flexibility index (Phi) is 6.96. The minimum atomic E-state index is -0.632. The van der Waals surface area contributed by atoms with Gasteiger partial charge < -0.3 is 21.8 Å². The lowest BCUT2D eigenvalue weighted by Gasteiger charge is -2.22. The van der Waals surface area contributed by atoms with Crippen molar-refractivity contribution in [1.82, 2.24) is 15.0 Å². The zero-order valence-electron chi connectivity index (χ0n) is 17.7. The van der Waals surface area contributed by atoms with Crippen LogP contribution >= 0.6 is 0 Å². The normalized spacial score (nSPS) is 18.2. The molecule has 3 aromatic rings. The first-order valence-electron chi connectivity index (χ1n) is 10.3. The highest BCUT2D eigenvalue weighted by molar-refractivity contribution is 6.14. The predicted octanol–water partition coefficient (Wildman–Crippen LogP) is 3.18. The molecule has 4 rings (SSSR count). The minimum Gasteiger partial charge on any atom is -0.387 e. The van der Waals surface area contributed by atoms with Crippen molar-refractivity contribution in [1.29, 1.82) is 5.41 Å². The van der Waals surface area contributed by atoms with Gasteiger partial charge in [-0.3, -0.25) is 10.2 Å². The molecule has 0 bridgehead atoms. The van der Waals surface area contributed by atoms with Crippen molar-refractivity contribution < 1.29 is 9.18 Å². The maximum Gasteiger partial charge on any atom is 0.252 e. The van der Waals surface area contributed by atoms with Crippen molar-refractivity contribution in [3.8, 4) is 0 Å². The Labute approximate surface area is 180 Å². The number of rotatable bonds is 4. The Morgan fingerprint density at radius 1 is 1.26 bits per heavy atom. The third kappa shape index (κ3) is 5.24. The lowest BCUT2D eigenvalue weighted by molar-refractivity contribution is 0.100. The van der Waals surface area contributed by atoms with Gasteiger partial charge >= 0.3 is 0 Å². The molecule has 1 aliphatic carbocycles. The molecule has 0 atom stereocenters. The molecule has 164 valence electrons. The highest BCUT2D eigenvalue weighted by atomic mass is 19.1. The molecular formula is C22H28FN7O. The maximum atomic E-state index is 13.3. The van der Waals surface area contributed by atoms with E-state index in [9.17, 15) is 9.18 Å². The van der Waals surface area contributed by atoms with E-state index in [0.717, 1.165) is 5.92 Å². The van der Waals surface area contributed by atoms with Crippen molar-refractivity contribution in [3.05, 3.63) is 53.2 Å². The molecule has 9 heteroatoms. The van der Waals surface area contributed by atoms with Crippen LogP contribution in [0, 0.1) is 17.1 Å². The number of carbonyl (C=O) groups is 1. The average Bonchev–Trinajstić information content (AvgIpc) is 3.19. The molecule has 1 fully saturated rings. The monoisotopic (exact) mass is 425 g/mol. The number of amides is 1. The second kappa shape index (κ2) is 9.65. The lowest BCUT2D eigenvalue weighted by Crippen LogP contribution is -2.25. The van der Waals surface area contributed by atoms with Gasteiger partial charge in [-0.1, -0.05) is 6.92 Å². The molecule has 31 heavy (non-hydrogen) atoms. The number of aromatic amines is 1. The smallest absolute Gasteiger partial charge is 0.252 e. The number of primary amides is 1. The van der Waals surface area contributed by atoms with Crippen LogP contribution in [0.15, 0.2) is 30.6 Å². The average molecular weight is 426 g/mol. The van der Waals surface area contributed by atoms with Gasteiger partial charge in [0.15, 0.2) is 5.65 Å². The third-order valence-corrected chi connectivity index (χ3v) is 5.48. The topological polar surface area (TPSA) is 147 Å². The van der Waals surface area contributed by atoms with E-state index in [1.54, 1.807) is 7.05 Å². The zero-order valence-corrected chi connectivity index (χ0v) is 17.7. The number of carbonyl (C=O) groups excluding carboxylic acids is 1. The molecule has 1 saturated carbocycles. The number of nitrogens with one attached hydrogen (secondary N) is 3. The van der Waals surface area contributed by atoms with Gasteiger partial charge in [0.2, 0.25) is 0 Å². The fourth-order valence-corrected chi connectivity index (χ4v) is 3.56. The van der Waals surface area contributed by atoms with Gasteiger partial charge in [0.25, 0.3) is 5.91 Å². The summed E-state index contributed by atoms with van der Waals surface area (Å²) in [5.41, 5.74) is 13.1. The third-order valence-electron chi connectivity index (χ3n) is 5.48. The van der Waals surface area contributed by atoms with Crippen molar-refractivity contribution in [3.63, 3.8) is 0 Å². The first kappa shape index (κ1) is 22.4. The molecule has 0 unspecified atom stereocenters. The highest BCUT2D eigenvalue weighted by Gasteiger charge is 2.16. The van der Waals surface area contributed by atoms with Crippen LogP contribution in [0.4, 0.5) is 10.1 Å². The van der Waals surface area contributed by atoms with E-state index in [-0.39, 0.29) is 17.0 Å². The van der Waals surface area contributed by atoms with Crippen LogP contribution in [0.3, 0.4) is 0 Å². The second-order valence-corrected chi connectivity index (χ2v) is 7.85. The van der Waals surface area contributed by atoms with Gasteiger partial charge in [-0.25, -0.2) is 14.4 Å². The van der Waals surface area contributed by atoms with Gasteiger partial charge in [0.1, 0.15) is 17.0 Å². The van der Waals surface area contributed by atoms with E-state index >= 15 is 0 Å². The Hall–Kier alpha value is -3.33. The number of benzene rings is 1. The molecule has 1 amide bonds. The molecule has 0 aliphatic heterocycles. The van der Waals surface area contributed by atoms with Gasteiger partial charge in [-0.15, -0.1) is 0 Å². The number of nitrogens with zero attached hydrogens (tertiary/aromatic N) is 2. The number of halogens is 1. The van der Waals surface area contributed by atoms with E-state index < -0.39 is 11.7 Å². The van der Waals surface area contributed by atoms with Crippen LogP contribution in [0.2, 0.25) is 0 Å². The molecule has 8 nitrogen and oxygen atoms in total. The standard InChI is InChI=1S/C15H13FN6O.C7H15N/c1-19-10-4-7(16)2-3-8(10)12(17)11-6-21-15-13(22-11)9(5-20-15)14(18)23;1-6-2-4-7(8)5-3-6/h2-6,17,19H,1H3,(H2,18,23)(H,20,21);6-7H,2-5,8H2,1H3. The van der Waals surface area contributed by atoms with Gasteiger partial charge in [-0.2, -0.15) is 0 Å². The minimum absolute atomic E-state index is 0.0559. The molecule has 2 heterocycles. The number of H-pyrrole nitrogens is 1. The number of fused-ring (bicyclic) bond motifs is 1. The summed E-state index contributed by atoms with van der Waals surface area (Å²) >= 11 is 0. The van der Waals surface area contributed by atoms with E-state index in [1.165, 1.54) is 56.3 Å². The Morgan fingerprint density at radius 2 is 1.97 bits per heavy atom. The summed E-state index contributed by atoms with van der Waals surface area (Å²) in [5, 5.41) is 11.1. The summed E-state index contributed by atoms with van der Waals surface area (Å²) < 4.78 is 13.3. The van der Waals surface area contributed by atoms with Crippen LogP contribution in [0.5, 0.6) is 0 Å². The Balaban J connectivity index is 0.000000287. The zero-order chi connectivity index (χ0) is 22.5. The summed E-state index contributed by atoms with van der Waals surface area (Å²) in [6.07, 6.45) is 8.04. The molecular weight excluding hydrogens is 397 g/mol. The quantitative estimate of drug-likeness (QED) is 0.407. The molecule has 1 aromatic carbocycles. The summed E-state index contributed by atoms with van der Waals surface area (Å²) in [6.45, 7) is 2.31. The van der Waals surface area contributed by atoms with Crippen LogP contribution in [0.25, 0.3) is 11.2 Å². The fraction of sp³-hybridized carbons (Fsp3) is 0.364. The first-order chi connectivity index (χ1) is 14.8. The van der Waals surface area contributed by atoms with Crippen molar-refractivity contribution in [2.75, 3.05) is 12.4 Å². The predicted molar refractivity (Wildman–Crippen MR) is 120 cm³/mol. The van der Waals surface area contributed by atoms with Gasteiger partial charge in [-0.05, 0) is 49.8 Å². The number of hydrogen-bond acceptors (Lipinski definition) is 6. The number of anilines is 1. The van der Waals surface area contributed by atoms with Crippen molar-refractivity contribution >= 4 is 28.5 Å². The van der Waals surface area contributed by atoms with E-state index in [0.29, 0.717) is 28.5 Å². The molecule has 7 N–H and O–H groups in total. The number of nitrogens with two attached hydrogens (primary N) is 2. The van der Waals surface area contributed by atoms with Crippen molar-refractivity contribution in [2.24, 2.45) is 17.4 Å².